The van der Waals surface area contributed by atoms with E-state index in [1.54, 1.807) is 4.31 Å². The summed E-state index contributed by atoms with van der Waals surface area (Å²) in [4.78, 5) is 0. The molecule has 0 bridgehead atoms. The predicted octanol–water partition coefficient (Wildman–Crippen LogP) is 1.74. The molecule has 124 valence electrons. The molecule has 21 heavy (non-hydrogen) atoms. The van der Waals surface area contributed by atoms with Crippen molar-refractivity contribution in [3.8, 4) is 0 Å². The van der Waals surface area contributed by atoms with Crippen LogP contribution in [0.1, 0.15) is 52.9 Å². The van der Waals surface area contributed by atoms with Crippen LogP contribution in [0.5, 0.6) is 0 Å². The van der Waals surface area contributed by atoms with Gasteiger partial charge in [0.1, 0.15) is 0 Å². The average molecular weight is 318 g/mol. The van der Waals surface area contributed by atoms with Crippen LogP contribution in [0.3, 0.4) is 0 Å². The molecule has 1 heterocycles. The number of piperidine rings is 1. The molecule has 1 saturated heterocycles. The van der Waals surface area contributed by atoms with Crippen molar-refractivity contribution >= 4 is 10.2 Å². The molecule has 1 aliphatic carbocycles. The van der Waals surface area contributed by atoms with Crippen molar-refractivity contribution in [1.82, 2.24) is 9.03 Å². The second kappa shape index (κ2) is 6.52. The SMILES string of the molecule is CC(C)(C)C1CCN(S(=O)(=O)NC(CCO)C2CC2)CC1. The second-order valence-corrected chi connectivity index (χ2v) is 9.32. The molecule has 0 amide bonds. The smallest absolute Gasteiger partial charge is 0.279 e. The van der Waals surface area contributed by atoms with Crippen LogP contribution in [0.15, 0.2) is 0 Å². The molecule has 0 aromatic heterocycles. The van der Waals surface area contributed by atoms with E-state index in [-0.39, 0.29) is 18.1 Å². The van der Waals surface area contributed by atoms with Crippen molar-refractivity contribution in [3.05, 3.63) is 0 Å². The summed E-state index contributed by atoms with van der Waals surface area (Å²) in [6.45, 7) is 7.93. The van der Waals surface area contributed by atoms with Crippen LogP contribution in [0.2, 0.25) is 0 Å². The van der Waals surface area contributed by atoms with Crippen molar-refractivity contribution in [2.45, 2.75) is 58.9 Å². The Morgan fingerprint density at radius 2 is 1.76 bits per heavy atom. The molecule has 5 nitrogen and oxygen atoms in total. The third kappa shape index (κ3) is 4.65. The summed E-state index contributed by atoms with van der Waals surface area (Å²) in [5, 5.41) is 9.10. The summed E-state index contributed by atoms with van der Waals surface area (Å²) >= 11 is 0. The van der Waals surface area contributed by atoms with E-state index in [4.69, 9.17) is 5.11 Å². The molecule has 2 fully saturated rings. The molecule has 2 aliphatic rings. The Morgan fingerprint density at radius 3 is 2.19 bits per heavy atom. The molecule has 2 rings (SSSR count). The van der Waals surface area contributed by atoms with E-state index in [1.807, 2.05) is 0 Å². The Kier molecular flexibility index (Phi) is 5.34. The normalized spacial score (nSPS) is 24.2. The van der Waals surface area contributed by atoms with Gasteiger partial charge in [-0.1, -0.05) is 20.8 Å². The van der Waals surface area contributed by atoms with Crippen molar-refractivity contribution in [1.29, 1.82) is 0 Å². The highest BCUT2D eigenvalue weighted by Crippen LogP contribution is 2.36. The first-order valence-electron chi connectivity index (χ1n) is 8.12. The van der Waals surface area contributed by atoms with Gasteiger partial charge in [-0.15, -0.1) is 0 Å². The van der Waals surface area contributed by atoms with Crippen LogP contribution >= 0.6 is 0 Å². The lowest BCUT2D eigenvalue weighted by Gasteiger charge is -2.38. The molecular formula is C15H30N2O3S. The van der Waals surface area contributed by atoms with Gasteiger partial charge in [-0.25, -0.2) is 0 Å². The Morgan fingerprint density at radius 1 is 1.19 bits per heavy atom. The van der Waals surface area contributed by atoms with Crippen LogP contribution in [0, 0.1) is 17.3 Å². The summed E-state index contributed by atoms with van der Waals surface area (Å²) in [6.07, 6.45) is 4.51. The van der Waals surface area contributed by atoms with E-state index < -0.39 is 10.2 Å². The van der Waals surface area contributed by atoms with Gasteiger partial charge in [-0.05, 0) is 49.4 Å². The fourth-order valence-corrected chi connectivity index (χ4v) is 4.79. The Labute approximate surface area is 129 Å². The summed E-state index contributed by atoms with van der Waals surface area (Å²) in [7, 11) is -3.41. The molecule has 6 heteroatoms. The largest absolute Gasteiger partial charge is 0.396 e. The topological polar surface area (TPSA) is 69.6 Å². The molecule has 0 radical (unpaired) electrons. The van der Waals surface area contributed by atoms with Gasteiger partial charge in [0.2, 0.25) is 0 Å². The van der Waals surface area contributed by atoms with Gasteiger partial charge >= 0.3 is 0 Å². The van der Waals surface area contributed by atoms with Crippen molar-refractivity contribution in [2.75, 3.05) is 19.7 Å². The lowest BCUT2D eigenvalue weighted by molar-refractivity contribution is 0.152. The van der Waals surface area contributed by atoms with E-state index in [1.165, 1.54) is 0 Å². The van der Waals surface area contributed by atoms with E-state index >= 15 is 0 Å². The summed E-state index contributed by atoms with van der Waals surface area (Å²) in [5.74, 6) is 1.000. The first-order valence-corrected chi connectivity index (χ1v) is 9.56. The van der Waals surface area contributed by atoms with Crippen LogP contribution < -0.4 is 4.72 Å². The Hall–Kier alpha value is -0.170. The van der Waals surface area contributed by atoms with Gasteiger partial charge in [0.15, 0.2) is 0 Å². The lowest BCUT2D eigenvalue weighted by Crippen LogP contribution is -2.50. The minimum absolute atomic E-state index is 0.0375. The minimum atomic E-state index is -3.41. The Bertz CT molecular complexity index is 432. The molecular weight excluding hydrogens is 288 g/mol. The zero-order valence-corrected chi connectivity index (χ0v) is 14.3. The summed E-state index contributed by atoms with van der Waals surface area (Å²) in [6, 6.07) is -0.0969. The van der Waals surface area contributed by atoms with Crippen molar-refractivity contribution in [2.24, 2.45) is 17.3 Å². The van der Waals surface area contributed by atoms with Gasteiger partial charge in [-0.2, -0.15) is 17.4 Å². The third-order valence-corrected chi connectivity index (χ3v) is 6.60. The van der Waals surface area contributed by atoms with Crippen LogP contribution in [0.4, 0.5) is 0 Å². The number of rotatable bonds is 6. The number of nitrogens with zero attached hydrogens (tertiary/aromatic N) is 1. The van der Waals surface area contributed by atoms with Gasteiger partial charge < -0.3 is 5.11 Å². The first-order chi connectivity index (χ1) is 9.74. The van der Waals surface area contributed by atoms with Crippen LogP contribution in [-0.4, -0.2) is 43.6 Å². The maximum Gasteiger partial charge on any atom is 0.279 e. The molecule has 1 aliphatic heterocycles. The number of hydrogen-bond donors (Lipinski definition) is 2. The Balaban J connectivity index is 1.91. The van der Waals surface area contributed by atoms with Crippen molar-refractivity contribution < 1.29 is 13.5 Å². The lowest BCUT2D eigenvalue weighted by atomic mass is 9.76. The summed E-state index contributed by atoms with van der Waals surface area (Å²) < 4.78 is 29.4. The van der Waals surface area contributed by atoms with E-state index in [2.05, 4.69) is 25.5 Å². The first kappa shape index (κ1) is 17.2. The quantitative estimate of drug-likeness (QED) is 0.784. The highest BCUT2D eigenvalue weighted by Gasteiger charge is 2.37. The fraction of sp³-hybridized carbons (Fsp3) is 1.00. The van der Waals surface area contributed by atoms with Crippen LogP contribution in [0.25, 0.3) is 0 Å². The van der Waals surface area contributed by atoms with Gasteiger partial charge in [-0.3, -0.25) is 0 Å². The third-order valence-electron chi connectivity index (χ3n) is 4.95. The maximum atomic E-state index is 12.5. The summed E-state index contributed by atoms with van der Waals surface area (Å²) in [5.41, 5.74) is 0.247. The standard InChI is InChI=1S/C15H30N2O3S/c1-15(2,3)13-6-9-17(10-7-13)21(19,20)16-14(8-11-18)12-4-5-12/h12-14,16,18H,4-11H2,1-3H3. The van der Waals surface area contributed by atoms with Crippen LogP contribution in [-0.2, 0) is 10.2 Å². The zero-order valence-electron chi connectivity index (χ0n) is 13.5. The molecule has 0 spiro atoms. The monoisotopic (exact) mass is 318 g/mol. The van der Waals surface area contributed by atoms with E-state index in [9.17, 15) is 8.42 Å². The van der Waals surface area contributed by atoms with Gasteiger partial charge in [0, 0.05) is 25.7 Å². The number of hydrogen-bond acceptors (Lipinski definition) is 3. The molecule has 1 atom stereocenters. The maximum absolute atomic E-state index is 12.5. The number of aliphatic hydroxyl groups is 1. The highest BCUT2D eigenvalue weighted by molar-refractivity contribution is 7.87. The molecule has 0 aromatic carbocycles. The number of nitrogens with one attached hydrogen (secondary N) is 1. The van der Waals surface area contributed by atoms with E-state index in [0.717, 1.165) is 25.7 Å². The predicted molar refractivity (Wildman–Crippen MR) is 84.0 cm³/mol. The van der Waals surface area contributed by atoms with Crippen molar-refractivity contribution in [3.63, 3.8) is 0 Å². The molecule has 1 unspecified atom stereocenters. The highest BCUT2D eigenvalue weighted by atomic mass is 32.2. The second-order valence-electron chi connectivity index (χ2n) is 7.62. The average Bonchev–Trinajstić information content (AvgIpc) is 3.21. The fourth-order valence-electron chi connectivity index (χ4n) is 3.26. The number of aliphatic hydroxyl groups excluding tert-OH is 1. The molecule has 2 N–H and O–H groups in total. The minimum Gasteiger partial charge on any atom is -0.396 e. The molecule has 0 aromatic rings. The van der Waals surface area contributed by atoms with E-state index in [0.29, 0.717) is 31.3 Å². The zero-order chi connectivity index (χ0) is 15.7. The van der Waals surface area contributed by atoms with Gasteiger partial charge in [0.05, 0.1) is 0 Å². The molecule has 1 saturated carbocycles. The van der Waals surface area contributed by atoms with Gasteiger partial charge in [0.25, 0.3) is 10.2 Å².